The van der Waals surface area contributed by atoms with Crippen LogP contribution in [0.25, 0.3) is 27.7 Å². The van der Waals surface area contributed by atoms with Crippen molar-refractivity contribution in [2.45, 2.75) is 32.6 Å². The Morgan fingerprint density at radius 3 is 2.41 bits per heavy atom. The van der Waals surface area contributed by atoms with Crippen molar-refractivity contribution in [3.63, 3.8) is 0 Å². The number of hydrogen-bond donors (Lipinski definition) is 2. The number of carboxylic acid groups (broad SMARTS) is 1. The number of rotatable bonds is 5. The molecule has 7 heteroatoms. The monoisotopic (exact) mass is 476 g/mol. The highest BCUT2D eigenvalue weighted by Crippen LogP contribution is 2.47. The molecule has 1 aromatic heterocycles. The molecule has 3 aromatic carbocycles. The number of carboxylic acids is 1. The fourth-order valence-corrected chi connectivity index (χ4v) is 4.60. The first-order valence-corrected chi connectivity index (χ1v) is 11.0. The van der Waals surface area contributed by atoms with Crippen LogP contribution in [0.2, 0.25) is 5.02 Å². The van der Waals surface area contributed by atoms with Crippen LogP contribution in [0.4, 0.5) is 4.39 Å². The highest BCUT2D eigenvalue weighted by Gasteiger charge is 2.33. The van der Waals surface area contributed by atoms with Gasteiger partial charge in [0.05, 0.1) is 17.1 Å². The van der Waals surface area contributed by atoms with Gasteiger partial charge in [-0.05, 0) is 60.5 Å². The molecule has 0 spiro atoms. The summed E-state index contributed by atoms with van der Waals surface area (Å²) in [4.78, 5) is 11.4. The Labute approximate surface area is 201 Å². The molecule has 0 aliphatic carbocycles. The molecule has 4 rings (SSSR count). The van der Waals surface area contributed by atoms with E-state index in [4.69, 9.17) is 11.6 Å². The lowest BCUT2D eigenvalue weighted by atomic mass is 9.81. The van der Waals surface area contributed by atoms with Crippen LogP contribution < -0.4 is 0 Å². The molecule has 4 aromatic rings. The van der Waals surface area contributed by atoms with Gasteiger partial charge in [0.1, 0.15) is 11.6 Å². The Morgan fingerprint density at radius 2 is 1.82 bits per heavy atom. The van der Waals surface area contributed by atoms with E-state index in [-0.39, 0.29) is 23.6 Å². The van der Waals surface area contributed by atoms with Gasteiger partial charge in [0.2, 0.25) is 0 Å². The van der Waals surface area contributed by atoms with Gasteiger partial charge in [-0.3, -0.25) is 0 Å². The van der Waals surface area contributed by atoms with Gasteiger partial charge in [-0.25, -0.2) is 9.18 Å². The first kappa shape index (κ1) is 23.3. The van der Waals surface area contributed by atoms with Gasteiger partial charge >= 0.3 is 5.97 Å². The lowest BCUT2D eigenvalue weighted by molar-refractivity contribution is 0.0697. The average Bonchev–Trinajstić information content (AvgIpc) is 3.12. The summed E-state index contributed by atoms with van der Waals surface area (Å²) in [6, 6.07) is 16.5. The number of nitrogens with zero attached hydrogens (tertiary/aromatic N) is 2. The molecule has 34 heavy (non-hydrogen) atoms. The van der Waals surface area contributed by atoms with Gasteiger partial charge in [0, 0.05) is 45.3 Å². The zero-order valence-electron chi connectivity index (χ0n) is 18.9. The third-order valence-electron chi connectivity index (χ3n) is 5.99. The smallest absolute Gasteiger partial charge is 0.335 e. The number of halogens is 2. The molecule has 0 fully saturated rings. The maximum Gasteiger partial charge on any atom is 0.335 e. The number of fused-ring (bicyclic) bond motifs is 1. The summed E-state index contributed by atoms with van der Waals surface area (Å²) in [5.41, 5.74) is 3.11. The van der Waals surface area contributed by atoms with Gasteiger partial charge in [-0.1, -0.05) is 31.5 Å². The summed E-state index contributed by atoms with van der Waals surface area (Å²) in [5, 5.41) is 30.9. The summed E-state index contributed by atoms with van der Waals surface area (Å²) in [6.45, 7) is 5.52. The van der Waals surface area contributed by atoms with Crippen LogP contribution in [-0.2, 0) is 5.41 Å². The molecular weight excluding hydrogens is 455 g/mol. The molecule has 0 atom stereocenters. The molecule has 5 nitrogen and oxygen atoms in total. The first-order valence-electron chi connectivity index (χ1n) is 10.6. The Kier molecular flexibility index (Phi) is 5.84. The van der Waals surface area contributed by atoms with Crippen LogP contribution in [0.3, 0.4) is 0 Å². The quantitative estimate of drug-likeness (QED) is 0.325. The number of phenols is 1. The molecule has 172 valence electrons. The van der Waals surface area contributed by atoms with E-state index in [0.29, 0.717) is 32.7 Å². The normalized spacial score (nSPS) is 11.5. The van der Waals surface area contributed by atoms with Gasteiger partial charge < -0.3 is 14.8 Å². The van der Waals surface area contributed by atoms with Gasteiger partial charge in [-0.15, -0.1) is 0 Å². The Hall–Kier alpha value is -3.82. The second kappa shape index (κ2) is 8.51. The summed E-state index contributed by atoms with van der Waals surface area (Å²) < 4.78 is 16.0. The van der Waals surface area contributed by atoms with E-state index in [1.54, 1.807) is 37.3 Å². The first-order chi connectivity index (χ1) is 16.0. The van der Waals surface area contributed by atoms with Crippen LogP contribution in [0.15, 0.2) is 54.6 Å². The number of aryl methyl sites for hydroxylation is 1. The molecule has 1 heterocycles. The lowest BCUT2D eigenvalue weighted by Gasteiger charge is -2.27. The molecule has 0 aliphatic heterocycles. The van der Waals surface area contributed by atoms with Crippen molar-refractivity contribution in [3.8, 4) is 28.6 Å². The predicted molar refractivity (Wildman–Crippen MR) is 130 cm³/mol. The molecule has 0 bridgehead atoms. The Morgan fingerprint density at radius 1 is 1.15 bits per heavy atom. The van der Waals surface area contributed by atoms with E-state index in [1.807, 2.05) is 18.4 Å². The Balaban J connectivity index is 2.21. The third kappa shape index (κ3) is 3.89. The van der Waals surface area contributed by atoms with Crippen molar-refractivity contribution in [1.29, 1.82) is 5.26 Å². The van der Waals surface area contributed by atoms with Crippen molar-refractivity contribution >= 4 is 28.5 Å². The molecule has 0 amide bonds. The highest BCUT2D eigenvalue weighted by molar-refractivity contribution is 6.32. The SMILES string of the molecule is Cc1cc(-c2c(C(C)(C)CC#N)n(-c3ccc(C(=O)O)cc3)c3c(O)cc(Cl)cc23)ccc1F. The number of aromatic hydroxyl groups is 1. The molecule has 2 N–H and O–H groups in total. The van der Waals surface area contributed by atoms with E-state index in [1.165, 1.54) is 24.3 Å². The van der Waals surface area contributed by atoms with Crippen LogP contribution in [0, 0.1) is 24.1 Å². The fourth-order valence-electron chi connectivity index (χ4n) is 4.39. The van der Waals surface area contributed by atoms with Gasteiger partial charge in [0.15, 0.2) is 0 Å². The van der Waals surface area contributed by atoms with E-state index in [2.05, 4.69) is 6.07 Å². The highest BCUT2D eigenvalue weighted by atomic mass is 35.5. The summed E-state index contributed by atoms with van der Waals surface area (Å²) in [6.07, 6.45) is 0.165. The number of carbonyl (C=O) groups is 1. The van der Waals surface area contributed by atoms with Crippen molar-refractivity contribution in [2.24, 2.45) is 0 Å². The molecule has 0 radical (unpaired) electrons. The zero-order chi connectivity index (χ0) is 24.8. The number of benzene rings is 3. The van der Waals surface area contributed by atoms with Crippen LogP contribution >= 0.6 is 11.6 Å². The molecule has 0 saturated carbocycles. The van der Waals surface area contributed by atoms with Gasteiger partial charge in [-0.2, -0.15) is 5.26 Å². The third-order valence-corrected chi connectivity index (χ3v) is 6.21. The maximum atomic E-state index is 14.1. The van der Waals surface area contributed by atoms with Crippen molar-refractivity contribution < 1.29 is 19.4 Å². The predicted octanol–water partition coefficient (Wildman–Crippen LogP) is 6.99. The summed E-state index contributed by atoms with van der Waals surface area (Å²) >= 11 is 6.33. The number of hydrogen-bond acceptors (Lipinski definition) is 3. The van der Waals surface area contributed by atoms with Crippen molar-refractivity contribution in [3.05, 3.63) is 82.3 Å². The zero-order valence-corrected chi connectivity index (χ0v) is 19.6. The fraction of sp³-hybridized carbons (Fsp3) is 0.185. The molecule has 0 unspecified atom stereocenters. The van der Waals surface area contributed by atoms with Crippen molar-refractivity contribution in [2.75, 3.05) is 0 Å². The van der Waals surface area contributed by atoms with Gasteiger partial charge in [0.25, 0.3) is 0 Å². The lowest BCUT2D eigenvalue weighted by Crippen LogP contribution is -2.22. The molecule has 0 aliphatic rings. The molecule has 0 saturated heterocycles. The minimum absolute atomic E-state index is 0.0658. The second-order valence-corrected chi connectivity index (χ2v) is 9.35. The number of nitriles is 1. The van der Waals surface area contributed by atoms with E-state index >= 15 is 0 Å². The minimum atomic E-state index is -1.05. The Bertz CT molecular complexity index is 1480. The molecular formula is C27H22ClFN2O3. The number of aromatic carboxylic acids is 1. The topological polar surface area (TPSA) is 86.2 Å². The van der Waals surface area contributed by atoms with Crippen LogP contribution in [0.1, 0.15) is 41.9 Å². The summed E-state index contributed by atoms with van der Waals surface area (Å²) in [5.74, 6) is -1.45. The standard InChI is InChI=1S/C27H22ClFN2O3/c1-15-12-17(6-9-21(15)29)23-20-13-18(28)14-22(32)24(20)31(25(23)27(2,3)10-11-30)19-7-4-16(5-8-19)26(33)34/h4-9,12-14,32H,10H2,1-3H3,(H,33,34). The largest absolute Gasteiger partial charge is 0.506 e. The van der Waals surface area contributed by atoms with E-state index < -0.39 is 11.4 Å². The second-order valence-electron chi connectivity index (χ2n) is 8.91. The minimum Gasteiger partial charge on any atom is -0.506 e. The van der Waals surface area contributed by atoms with Crippen molar-refractivity contribution in [1.82, 2.24) is 4.57 Å². The van der Waals surface area contributed by atoms with Crippen LogP contribution in [0.5, 0.6) is 5.75 Å². The summed E-state index contributed by atoms with van der Waals surface area (Å²) in [7, 11) is 0. The maximum absolute atomic E-state index is 14.1. The number of aromatic nitrogens is 1. The van der Waals surface area contributed by atoms with E-state index in [0.717, 1.165) is 11.3 Å². The number of phenolic OH excluding ortho intramolecular Hbond substituents is 1. The average molecular weight is 477 g/mol. The van der Waals surface area contributed by atoms with Crippen LogP contribution in [-0.4, -0.2) is 20.7 Å². The van der Waals surface area contributed by atoms with E-state index in [9.17, 15) is 24.7 Å².